The van der Waals surface area contributed by atoms with Crippen LogP contribution in [0.5, 0.6) is 0 Å². The molecule has 0 heterocycles. The van der Waals surface area contributed by atoms with E-state index >= 15 is 0 Å². The SMILES string of the molecule is CCC[C@]1(c2ccccc2)C=CC(c2ccc(C#N)cc2)=CC1. The van der Waals surface area contributed by atoms with Crippen molar-refractivity contribution in [1.29, 1.82) is 5.26 Å². The summed E-state index contributed by atoms with van der Waals surface area (Å²) in [4.78, 5) is 0. The topological polar surface area (TPSA) is 23.8 Å². The second kappa shape index (κ2) is 6.67. The van der Waals surface area contributed by atoms with Crippen LogP contribution in [-0.2, 0) is 5.41 Å². The lowest BCUT2D eigenvalue weighted by molar-refractivity contribution is 0.486. The first-order valence-corrected chi connectivity index (χ1v) is 8.23. The first-order valence-electron chi connectivity index (χ1n) is 8.23. The van der Waals surface area contributed by atoms with Crippen molar-refractivity contribution in [3.8, 4) is 6.07 Å². The van der Waals surface area contributed by atoms with Crippen LogP contribution in [0, 0.1) is 11.3 Å². The highest BCUT2D eigenvalue weighted by atomic mass is 14.3. The van der Waals surface area contributed by atoms with Gasteiger partial charge >= 0.3 is 0 Å². The number of allylic oxidation sites excluding steroid dienone is 4. The smallest absolute Gasteiger partial charge is 0.0991 e. The van der Waals surface area contributed by atoms with Gasteiger partial charge in [0.15, 0.2) is 0 Å². The lowest BCUT2D eigenvalue weighted by Gasteiger charge is -2.33. The minimum Gasteiger partial charge on any atom is -0.192 e. The average Bonchev–Trinajstić information content (AvgIpc) is 2.63. The Labute approximate surface area is 138 Å². The molecule has 2 aromatic rings. The van der Waals surface area contributed by atoms with Crippen molar-refractivity contribution in [3.05, 3.63) is 89.5 Å². The second-order valence-corrected chi connectivity index (χ2v) is 6.16. The molecule has 3 rings (SSSR count). The first kappa shape index (κ1) is 15.3. The molecule has 0 radical (unpaired) electrons. The van der Waals surface area contributed by atoms with E-state index in [0.29, 0.717) is 5.56 Å². The molecule has 1 heteroatoms. The highest BCUT2D eigenvalue weighted by Crippen LogP contribution is 2.39. The molecule has 1 atom stereocenters. The zero-order valence-electron chi connectivity index (χ0n) is 13.5. The molecule has 0 unspecified atom stereocenters. The van der Waals surface area contributed by atoms with E-state index in [2.05, 4.69) is 61.6 Å². The Morgan fingerprint density at radius 3 is 2.35 bits per heavy atom. The molecule has 0 spiro atoms. The summed E-state index contributed by atoms with van der Waals surface area (Å²) in [7, 11) is 0. The lowest BCUT2D eigenvalue weighted by atomic mass is 9.71. The number of rotatable bonds is 4. The van der Waals surface area contributed by atoms with Crippen LogP contribution in [0.3, 0.4) is 0 Å². The fourth-order valence-electron chi connectivity index (χ4n) is 3.39. The quantitative estimate of drug-likeness (QED) is 0.716. The van der Waals surface area contributed by atoms with Gasteiger partial charge in [-0.3, -0.25) is 0 Å². The van der Waals surface area contributed by atoms with E-state index in [1.807, 2.05) is 24.3 Å². The fraction of sp³-hybridized carbons (Fsp3) is 0.227. The van der Waals surface area contributed by atoms with Gasteiger partial charge in [-0.1, -0.05) is 74.0 Å². The van der Waals surface area contributed by atoms with Gasteiger partial charge in [0, 0.05) is 5.41 Å². The Morgan fingerprint density at radius 2 is 1.78 bits per heavy atom. The summed E-state index contributed by atoms with van der Waals surface area (Å²) < 4.78 is 0. The molecule has 0 bridgehead atoms. The lowest BCUT2D eigenvalue weighted by Crippen LogP contribution is -2.24. The van der Waals surface area contributed by atoms with Gasteiger partial charge in [-0.15, -0.1) is 0 Å². The van der Waals surface area contributed by atoms with Crippen LogP contribution in [0.25, 0.3) is 5.57 Å². The van der Waals surface area contributed by atoms with Gasteiger partial charge in [0.1, 0.15) is 0 Å². The summed E-state index contributed by atoms with van der Waals surface area (Å²) in [5, 5.41) is 8.91. The third-order valence-electron chi connectivity index (χ3n) is 4.66. The van der Waals surface area contributed by atoms with Gasteiger partial charge in [-0.25, -0.2) is 0 Å². The van der Waals surface area contributed by atoms with Crippen LogP contribution in [0.2, 0.25) is 0 Å². The van der Waals surface area contributed by atoms with Crippen LogP contribution in [0.4, 0.5) is 0 Å². The van der Waals surface area contributed by atoms with Crippen molar-refractivity contribution in [2.45, 2.75) is 31.6 Å². The van der Waals surface area contributed by atoms with E-state index in [0.717, 1.165) is 12.8 Å². The summed E-state index contributed by atoms with van der Waals surface area (Å²) in [5.41, 5.74) is 4.65. The van der Waals surface area contributed by atoms with Crippen molar-refractivity contribution < 1.29 is 0 Å². The van der Waals surface area contributed by atoms with Gasteiger partial charge < -0.3 is 0 Å². The van der Waals surface area contributed by atoms with Crippen LogP contribution in [0.1, 0.15) is 42.9 Å². The predicted molar refractivity (Wildman–Crippen MR) is 95.9 cm³/mol. The normalized spacial score (nSPS) is 19.9. The van der Waals surface area contributed by atoms with E-state index in [1.54, 1.807) is 0 Å². The standard InChI is InChI=1S/C22H21N/c1-2-14-22(21-6-4-3-5-7-21)15-12-20(13-16-22)19-10-8-18(17-23)9-11-19/h3-13,15H,2,14,16H2,1H3/t22-/m0/s1. The summed E-state index contributed by atoms with van der Waals surface area (Å²) in [6, 6.07) is 20.8. The molecule has 1 nitrogen and oxygen atoms in total. The predicted octanol–water partition coefficient (Wildman–Crippen LogP) is 5.64. The van der Waals surface area contributed by atoms with Crippen molar-refractivity contribution in [2.75, 3.05) is 0 Å². The minimum atomic E-state index is 0.117. The minimum absolute atomic E-state index is 0.117. The Morgan fingerprint density at radius 1 is 1.04 bits per heavy atom. The van der Waals surface area contributed by atoms with Crippen LogP contribution >= 0.6 is 0 Å². The third-order valence-corrected chi connectivity index (χ3v) is 4.66. The third kappa shape index (κ3) is 3.12. The molecule has 2 aromatic carbocycles. The van der Waals surface area contributed by atoms with Crippen LogP contribution in [-0.4, -0.2) is 0 Å². The summed E-state index contributed by atoms with van der Waals surface area (Å²) in [6.45, 7) is 2.25. The van der Waals surface area contributed by atoms with E-state index < -0.39 is 0 Å². The Hall–Kier alpha value is -2.59. The molecular weight excluding hydrogens is 278 g/mol. The summed E-state index contributed by atoms with van der Waals surface area (Å²) >= 11 is 0. The highest BCUT2D eigenvalue weighted by Gasteiger charge is 2.29. The molecule has 1 aliphatic rings. The Balaban J connectivity index is 1.88. The molecule has 1 aliphatic carbocycles. The monoisotopic (exact) mass is 299 g/mol. The number of nitrogens with zero attached hydrogens (tertiary/aromatic N) is 1. The van der Waals surface area contributed by atoms with E-state index in [9.17, 15) is 0 Å². The van der Waals surface area contributed by atoms with Crippen LogP contribution < -0.4 is 0 Å². The fourth-order valence-corrected chi connectivity index (χ4v) is 3.39. The molecule has 0 aliphatic heterocycles. The van der Waals surface area contributed by atoms with Gasteiger partial charge in [0.05, 0.1) is 11.6 Å². The summed E-state index contributed by atoms with van der Waals surface area (Å²) in [5.74, 6) is 0. The zero-order valence-corrected chi connectivity index (χ0v) is 13.5. The first-order chi connectivity index (χ1) is 11.3. The van der Waals surface area contributed by atoms with Gasteiger partial charge in [-0.2, -0.15) is 5.26 Å². The van der Waals surface area contributed by atoms with Gasteiger partial charge in [-0.05, 0) is 41.7 Å². The second-order valence-electron chi connectivity index (χ2n) is 6.16. The largest absolute Gasteiger partial charge is 0.192 e. The van der Waals surface area contributed by atoms with Crippen LogP contribution in [0.15, 0.2) is 72.8 Å². The molecule has 0 saturated heterocycles. The molecular formula is C22H21N. The maximum atomic E-state index is 8.91. The Bertz CT molecular complexity index is 760. The van der Waals surface area contributed by atoms with Gasteiger partial charge in [0.25, 0.3) is 0 Å². The van der Waals surface area contributed by atoms with E-state index in [4.69, 9.17) is 5.26 Å². The number of benzene rings is 2. The molecule has 0 amide bonds. The molecule has 0 N–H and O–H groups in total. The summed E-state index contributed by atoms with van der Waals surface area (Å²) in [6.07, 6.45) is 10.3. The molecule has 23 heavy (non-hydrogen) atoms. The Kier molecular flexibility index (Phi) is 4.44. The molecule has 0 fully saturated rings. The number of nitriles is 1. The molecule has 114 valence electrons. The zero-order chi connectivity index (χ0) is 16.1. The average molecular weight is 299 g/mol. The van der Waals surface area contributed by atoms with E-state index in [1.165, 1.54) is 23.1 Å². The van der Waals surface area contributed by atoms with Crippen molar-refractivity contribution in [1.82, 2.24) is 0 Å². The maximum Gasteiger partial charge on any atom is 0.0991 e. The number of hydrogen-bond donors (Lipinski definition) is 0. The van der Waals surface area contributed by atoms with Crippen molar-refractivity contribution in [2.24, 2.45) is 0 Å². The van der Waals surface area contributed by atoms with Crippen molar-refractivity contribution >= 4 is 5.57 Å². The van der Waals surface area contributed by atoms with Gasteiger partial charge in [0.2, 0.25) is 0 Å². The highest BCUT2D eigenvalue weighted by molar-refractivity contribution is 5.76. The number of hydrogen-bond acceptors (Lipinski definition) is 1. The maximum absolute atomic E-state index is 8.91. The van der Waals surface area contributed by atoms with E-state index in [-0.39, 0.29) is 5.41 Å². The van der Waals surface area contributed by atoms with Crippen molar-refractivity contribution in [3.63, 3.8) is 0 Å². The molecule has 0 aromatic heterocycles. The molecule has 0 saturated carbocycles.